The summed E-state index contributed by atoms with van der Waals surface area (Å²) in [5.41, 5.74) is 1.81. The molecule has 0 aliphatic rings. The standard InChI is InChI=1S/C37H41BrO7/c1-36(2,3)44-29-17-27(18-30(19-29)45-37(4,5)6)35(39)31-20-32(38)34(43-24-40-7)21-33(31)42-23-26-13-15-28(16-14-26)41-22-25-11-9-8-10-12-25/h8-21H,22-24H2,1-7H3. The van der Waals surface area contributed by atoms with Crippen molar-refractivity contribution in [2.45, 2.75) is 66.0 Å². The van der Waals surface area contributed by atoms with E-state index < -0.39 is 11.2 Å². The molecule has 4 aromatic rings. The second-order valence-corrected chi connectivity index (χ2v) is 13.3. The summed E-state index contributed by atoms with van der Waals surface area (Å²) in [6.45, 7) is 12.5. The lowest BCUT2D eigenvalue weighted by molar-refractivity contribution is 0.0503. The Morgan fingerprint density at radius 2 is 1.22 bits per heavy atom. The van der Waals surface area contributed by atoms with Crippen molar-refractivity contribution in [2.75, 3.05) is 13.9 Å². The maximum absolute atomic E-state index is 14.1. The van der Waals surface area contributed by atoms with Crippen LogP contribution in [-0.2, 0) is 18.0 Å². The lowest BCUT2D eigenvalue weighted by Crippen LogP contribution is -2.24. The molecule has 0 heterocycles. The van der Waals surface area contributed by atoms with Gasteiger partial charge in [0.05, 0.1) is 10.0 Å². The van der Waals surface area contributed by atoms with E-state index in [1.54, 1.807) is 37.4 Å². The molecule has 4 aromatic carbocycles. The smallest absolute Gasteiger partial charge is 0.197 e. The Morgan fingerprint density at radius 1 is 0.644 bits per heavy atom. The Hall–Kier alpha value is -4.01. The minimum atomic E-state index is -0.472. The first-order valence-electron chi connectivity index (χ1n) is 14.7. The van der Waals surface area contributed by atoms with Gasteiger partial charge in [-0.15, -0.1) is 0 Å². The van der Waals surface area contributed by atoms with Crippen molar-refractivity contribution < 1.29 is 33.2 Å². The summed E-state index contributed by atoms with van der Waals surface area (Å²) < 4.78 is 35.9. The summed E-state index contributed by atoms with van der Waals surface area (Å²) in [6.07, 6.45) is 0. The number of carbonyl (C=O) groups excluding carboxylic acids is 1. The van der Waals surface area contributed by atoms with Crippen molar-refractivity contribution in [1.29, 1.82) is 0 Å². The second-order valence-electron chi connectivity index (χ2n) is 12.5. The summed E-state index contributed by atoms with van der Waals surface area (Å²) in [6, 6.07) is 26.3. The molecule has 4 rings (SSSR count). The average Bonchev–Trinajstić information content (AvgIpc) is 2.97. The Labute approximate surface area is 274 Å². The molecule has 0 aromatic heterocycles. The highest BCUT2D eigenvalue weighted by atomic mass is 79.9. The molecule has 0 unspecified atom stereocenters. The van der Waals surface area contributed by atoms with E-state index in [9.17, 15) is 4.79 Å². The van der Waals surface area contributed by atoms with Crippen molar-refractivity contribution in [3.05, 3.63) is 112 Å². The number of ether oxygens (including phenoxy) is 6. The SMILES string of the molecule is COCOc1cc(OCc2ccc(OCc3ccccc3)cc2)c(C(=O)c2cc(OC(C)(C)C)cc(OC(C)(C)C)c2)cc1Br. The van der Waals surface area contributed by atoms with Crippen LogP contribution in [0.5, 0.6) is 28.7 Å². The van der Waals surface area contributed by atoms with E-state index in [2.05, 4.69) is 15.9 Å². The third-order valence-electron chi connectivity index (χ3n) is 6.17. The molecule has 0 saturated carbocycles. The first-order chi connectivity index (χ1) is 21.3. The molecule has 0 bridgehead atoms. The first kappa shape index (κ1) is 33.9. The number of halogens is 1. The van der Waals surface area contributed by atoms with E-state index in [1.807, 2.05) is 96.1 Å². The minimum absolute atomic E-state index is 0.0372. The lowest BCUT2D eigenvalue weighted by atomic mass is 10.0. The Bertz CT molecular complexity index is 1540. The van der Waals surface area contributed by atoms with Gasteiger partial charge in [0.15, 0.2) is 12.6 Å². The van der Waals surface area contributed by atoms with Gasteiger partial charge in [-0.2, -0.15) is 0 Å². The summed E-state index contributed by atoms with van der Waals surface area (Å²) in [4.78, 5) is 14.1. The Kier molecular flexibility index (Phi) is 11.2. The molecule has 8 heteroatoms. The number of carbonyl (C=O) groups is 1. The van der Waals surface area contributed by atoms with Crippen LogP contribution in [0.15, 0.2) is 89.4 Å². The normalized spacial score (nSPS) is 11.6. The molecule has 0 amide bonds. The fourth-order valence-corrected chi connectivity index (χ4v) is 4.79. The zero-order valence-electron chi connectivity index (χ0n) is 26.9. The quantitative estimate of drug-likeness (QED) is 0.103. The van der Waals surface area contributed by atoms with Gasteiger partial charge in [0.25, 0.3) is 0 Å². The van der Waals surface area contributed by atoms with Crippen LogP contribution in [0, 0.1) is 0 Å². The van der Waals surface area contributed by atoms with Gasteiger partial charge in [0.2, 0.25) is 0 Å². The number of rotatable bonds is 13. The van der Waals surface area contributed by atoms with Gasteiger partial charge >= 0.3 is 0 Å². The third kappa shape index (κ3) is 10.5. The van der Waals surface area contributed by atoms with Crippen LogP contribution in [0.4, 0.5) is 0 Å². The highest BCUT2D eigenvalue weighted by Gasteiger charge is 2.23. The van der Waals surface area contributed by atoms with Crippen LogP contribution in [0.1, 0.15) is 68.6 Å². The largest absolute Gasteiger partial charge is 0.489 e. The number of hydrogen-bond donors (Lipinski definition) is 0. The highest BCUT2D eigenvalue weighted by molar-refractivity contribution is 9.10. The molecule has 0 radical (unpaired) electrons. The van der Waals surface area contributed by atoms with Crippen LogP contribution in [0.2, 0.25) is 0 Å². The molecule has 7 nitrogen and oxygen atoms in total. The summed E-state index contributed by atoms with van der Waals surface area (Å²) >= 11 is 3.54. The van der Waals surface area contributed by atoms with Crippen LogP contribution >= 0.6 is 15.9 Å². The number of hydrogen-bond acceptors (Lipinski definition) is 7. The van der Waals surface area contributed by atoms with E-state index >= 15 is 0 Å². The number of ketones is 1. The predicted molar refractivity (Wildman–Crippen MR) is 179 cm³/mol. The molecule has 45 heavy (non-hydrogen) atoms. The van der Waals surface area contributed by atoms with Crippen molar-refractivity contribution in [3.8, 4) is 28.7 Å². The Morgan fingerprint density at radius 3 is 1.80 bits per heavy atom. The van der Waals surface area contributed by atoms with Gasteiger partial charge in [0, 0.05) is 24.8 Å². The summed E-state index contributed by atoms with van der Waals surface area (Å²) in [7, 11) is 1.54. The first-order valence-corrected chi connectivity index (χ1v) is 15.5. The lowest BCUT2D eigenvalue weighted by Gasteiger charge is -2.25. The van der Waals surface area contributed by atoms with Crippen molar-refractivity contribution in [3.63, 3.8) is 0 Å². The third-order valence-corrected chi connectivity index (χ3v) is 6.79. The molecule has 0 spiro atoms. The summed E-state index contributed by atoms with van der Waals surface area (Å²) in [5.74, 6) is 2.40. The molecule has 0 atom stereocenters. The van der Waals surface area contributed by atoms with E-state index in [4.69, 9.17) is 28.4 Å². The van der Waals surface area contributed by atoms with Crippen LogP contribution in [0.3, 0.4) is 0 Å². The molecule has 0 saturated heterocycles. The van der Waals surface area contributed by atoms with E-state index in [1.165, 1.54) is 0 Å². The number of methoxy groups -OCH3 is 1. The molecule has 0 N–H and O–H groups in total. The fraction of sp³-hybridized carbons (Fsp3) is 0.324. The zero-order chi connectivity index (χ0) is 32.6. The van der Waals surface area contributed by atoms with E-state index in [0.29, 0.717) is 45.2 Å². The average molecular weight is 678 g/mol. The molecular weight excluding hydrogens is 636 g/mol. The van der Waals surface area contributed by atoms with Gasteiger partial charge < -0.3 is 28.4 Å². The second kappa shape index (κ2) is 14.8. The molecular formula is C37H41BrO7. The number of benzene rings is 4. The molecule has 0 fully saturated rings. The highest BCUT2D eigenvalue weighted by Crippen LogP contribution is 2.37. The molecule has 0 aliphatic heterocycles. The van der Waals surface area contributed by atoms with Gasteiger partial charge in [-0.05, 0) is 98.9 Å². The molecule has 238 valence electrons. The topological polar surface area (TPSA) is 72.5 Å². The van der Waals surface area contributed by atoms with Gasteiger partial charge in [0.1, 0.15) is 53.2 Å². The van der Waals surface area contributed by atoms with Crippen LogP contribution in [-0.4, -0.2) is 30.9 Å². The van der Waals surface area contributed by atoms with Crippen molar-refractivity contribution >= 4 is 21.7 Å². The summed E-state index contributed by atoms with van der Waals surface area (Å²) in [5, 5.41) is 0. The minimum Gasteiger partial charge on any atom is -0.489 e. The van der Waals surface area contributed by atoms with Gasteiger partial charge in [-0.25, -0.2) is 0 Å². The van der Waals surface area contributed by atoms with E-state index in [0.717, 1.165) is 16.9 Å². The maximum atomic E-state index is 14.1. The van der Waals surface area contributed by atoms with Crippen molar-refractivity contribution in [2.24, 2.45) is 0 Å². The fourth-order valence-electron chi connectivity index (χ4n) is 4.33. The van der Waals surface area contributed by atoms with Crippen LogP contribution < -0.4 is 23.7 Å². The zero-order valence-corrected chi connectivity index (χ0v) is 28.5. The van der Waals surface area contributed by atoms with Crippen molar-refractivity contribution in [1.82, 2.24) is 0 Å². The Balaban J connectivity index is 1.61. The van der Waals surface area contributed by atoms with E-state index in [-0.39, 0.29) is 19.2 Å². The van der Waals surface area contributed by atoms with Gasteiger partial charge in [-0.3, -0.25) is 4.79 Å². The van der Waals surface area contributed by atoms with Crippen LogP contribution in [0.25, 0.3) is 0 Å². The maximum Gasteiger partial charge on any atom is 0.197 e. The molecule has 0 aliphatic carbocycles. The monoisotopic (exact) mass is 676 g/mol. The van der Waals surface area contributed by atoms with Gasteiger partial charge in [-0.1, -0.05) is 42.5 Å². The predicted octanol–water partition coefficient (Wildman–Crippen LogP) is 9.18.